The summed E-state index contributed by atoms with van der Waals surface area (Å²) in [7, 11) is 2.40. The highest BCUT2D eigenvalue weighted by Gasteiger charge is 2.57. The third-order valence-corrected chi connectivity index (χ3v) is 19.0. The Balaban J connectivity index is 0.812. The lowest BCUT2D eigenvalue weighted by Gasteiger charge is -2.49. The second-order valence-corrected chi connectivity index (χ2v) is 26.6. The number of carbonyl (C=O) groups is 7. The van der Waals surface area contributed by atoms with E-state index in [0.717, 1.165) is 29.2 Å². The van der Waals surface area contributed by atoms with Crippen LogP contribution in [0.4, 0.5) is 0 Å². The average molecular weight is 1360 g/mol. The Morgan fingerprint density at radius 1 is 0.533 bits per heavy atom. The number of ether oxygens (including phenoxy) is 4. The Bertz CT molecular complexity index is 2990. The summed E-state index contributed by atoms with van der Waals surface area (Å²) in [4.78, 5) is 87.8. The Kier molecular flexibility index (Phi) is 30.9. The highest BCUT2D eigenvalue weighted by atomic mass is 33.1. The van der Waals surface area contributed by atoms with E-state index in [2.05, 4.69) is 31.9 Å². The molecule has 2 saturated heterocycles. The number of benzene rings is 4. The van der Waals surface area contributed by atoms with Crippen LogP contribution in [0.3, 0.4) is 0 Å². The van der Waals surface area contributed by atoms with Gasteiger partial charge in [0.25, 0.3) is 17.6 Å². The van der Waals surface area contributed by atoms with Gasteiger partial charge in [-0.25, -0.2) is 4.79 Å². The highest BCUT2D eigenvalue weighted by molar-refractivity contribution is 8.77. The molecule has 2 aliphatic rings. The van der Waals surface area contributed by atoms with Gasteiger partial charge < -0.3 is 96.8 Å². The maximum absolute atomic E-state index is 13.0. The van der Waals surface area contributed by atoms with Crippen LogP contribution in [0, 0.1) is 0 Å². The number of aliphatic hydroxyl groups excluding tert-OH is 7. The first-order valence-corrected chi connectivity index (χ1v) is 34.5. The number of carboxylic acids is 1. The Labute approximate surface area is 548 Å². The molecule has 0 bridgehead atoms. The number of hydrogen-bond donors (Lipinski definition) is 15. The van der Waals surface area contributed by atoms with Gasteiger partial charge in [0.1, 0.15) is 24.4 Å². The summed E-state index contributed by atoms with van der Waals surface area (Å²) in [5.74, 6) is -7.10. The summed E-state index contributed by atoms with van der Waals surface area (Å²) in [6.45, 7) is 1.70. The molecule has 26 nitrogen and oxygen atoms in total. The average Bonchev–Trinajstić information content (AvgIpc) is 0.780. The topological polar surface area (TPSA) is 411 Å². The summed E-state index contributed by atoms with van der Waals surface area (Å²) in [5, 5.41) is 114. The molecular weight excluding hydrogens is 1280 g/mol. The smallest absolute Gasteiger partial charge is 0.364 e. The summed E-state index contributed by atoms with van der Waals surface area (Å²) >= 11 is 2.91. The molecule has 0 aromatic heterocycles. The van der Waals surface area contributed by atoms with Gasteiger partial charge >= 0.3 is 5.97 Å². The molecule has 30 heteroatoms. The molecule has 0 aliphatic carbocycles. The number of rotatable bonds is 37. The lowest BCUT2D eigenvalue weighted by molar-refractivity contribution is -0.382. The molecule has 15 N–H and O–H groups in total. The molecule has 92 heavy (non-hydrogen) atoms. The van der Waals surface area contributed by atoms with Gasteiger partial charge in [-0.2, -0.15) is 23.5 Å². The standard InChI is InChI=1S/C62H82N6O20S4/c1-37(69)67-51-45(71)31-61(59(81)82,87-55(51)53(77)47(73)33-65-57(79)43-19-15-41(16-20-43)39-11-5-3-6-12-39)85-25-9-27-89-29-23-63-49(75)35-91-92-36-50(76)64-24-30-90-28-10-26-86-62(60(83)84)32-46(72)52(68-38(2)70)56(88-62)54(78)48(74)34-66-58(80)44-21-17-42(18-22-44)40-13-7-4-8-14-40/h3-8,11-22,45-48,51-56,59,71-74,77-78,81-82H,9-10,23-36H2,1-2H3,(H,63,75)(H,64,76)(H,65,79)(H,66,80)(H,67,69)(H,68,70)(H,83,84)/t45-,46-,47+,48+,51+,52+,53+,54+,55+,56+,61+,62+/m0/s1. The molecule has 0 spiro atoms. The van der Waals surface area contributed by atoms with Crippen LogP contribution in [0.1, 0.15) is 60.2 Å². The number of aliphatic hydroxyl groups is 8. The molecule has 12 atom stereocenters. The van der Waals surface area contributed by atoms with Crippen molar-refractivity contribution in [3.05, 3.63) is 120 Å². The molecule has 0 radical (unpaired) electrons. The van der Waals surface area contributed by atoms with Crippen molar-refractivity contribution in [2.24, 2.45) is 0 Å². The normalized spacial score (nSPS) is 22.6. The van der Waals surface area contributed by atoms with E-state index in [4.69, 9.17) is 18.9 Å². The fourth-order valence-electron chi connectivity index (χ4n) is 9.96. The van der Waals surface area contributed by atoms with E-state index in [0.29, 0.717) is 48.9 Å². The maximum atomic E-state index is 13.0. The fourth-order valence-corrected chi connectivity index (χ4v) is 13.2. The molecule has 4 aromatic carbocycles. The second-order valence-electron chi connectivity index (χ2n) is 21.7. The van der Waals surface area contributed by atoms with Crippen molar-refractivity contribution in [1.29, 1.82) is 0 Å². The molecular formula is C62H82N6O20S4. The molecule has 0 unspecified atom stereocenters. The van der Waals surface area contributed by atoms with Crippen LogP contribution in [0.15, 0.2) is 109 Å². The fraction of sp³-hybridized carbons (Fsp3) is 0.500. The summed E-state index contributed by atoms with van der Waals surface area (Å²) in [5.41, 5.74) is 4.21. The molecule has 504 valence electrons. The van der Waals surface area contributed by atoms with Crippen LogP contribution < -0.4 is 31.9 Å². The van der Waals surface area contributed by atoms with Gasteiger partial charge in [-0.1, -0.05) is 107 Å². The van der Waals surface area contributed by atoms with E-state index in [9.17, 15) is 79.5 Å². The van der Waals surface area contributed by atoms with E-state index in [1.807, 2.05) is 60.7 Å². The number of hydrogen-bond acceptors (Lipinski definition) is 23. The first-order valence-electron chi connectivity index (χ1n) is 29.7. The molecule has 4 aromatic rings. The van der Waals surface area contributed by atoms with E-state index in [-0.39, 0.29) is 47.7 Å². The van der Waals surface area contributed by atoms with Crippen molar-refractivity contribution in [2.75, 3.05) is 73.9 Å². The Morgan fingerprint density at radius 2 is 0.935 bits per heavy atom. The Hall–Kier alpha value is -5.91. The number of thioether (sulfide) groups is 2. The predicted molar refractivity (Wildman–Crippen MR) is 347 cm³/mol. The van der Waals surface area contributed by atoms with Gasteiger partial charge in [-0.3, -0.25) is 28.8 Å². The molecule has 2 aliphatic heterocycles. The lowest BCUT2D eigenvalue weighted by atomic mass is 9.88. The predicted octanol–water partition coefficient (Wildman–Crippen LogP) is 0.615. The second kappa shape index (κ2) is 37.8. The van der Waals surface area contributed by atoms with Crippen molar-refractivity contribution in [1.82, 2.24) is 31.9 Å². The minimum absolute atomic E-state index is 0.0785. The van der Waals surface area contributed by atoms with E-state index in [1.165, 1.54) is 52.0 Å². The third-order valence-electron chi connectivity index (χ3n) is 14.7. The van der Waals surface area contributed by atoms with E-state index >= 15 is 0 Å². The molecule has 2 fully saturated rings. The van der Waals surface area contributed by atoms with Crippen LogP contribution in [-0.2, 0) is 42.9 Å². The minimum Gasteiger partial charge on any atom is -0.477 e. The van der Waals surface area contributed by atoms with Crippen molar-refractivity contribution in [3.8, 4) is 22.3 Å². The van der Waals surface area contributed by atoms with Crippen LogP contribution >= 0.6 is 45.1 Å². The van der Waals surface area contributed by atoms with Crippen molar-refractivity contribution in [2.45, 2.75) is 118 Å². The first-order chi connectivity index (χ1) is 44.0. The number of amides is 6. The summed E-state index contributed by atoms with van der Waals surface area (Å²) in [6, 6.07) is 29.8. The number of carboxylic acid groups (broad SMARTS) is 1. The SMILES string of the molecule is CC(=O)N[C@H]1[C@H]([C@H](O)[C@H](O)CNC(=O)c2ccc(-c3ccccc3)cc2)O[C@@](OCCCSCCNC(=O)CSSCC(=O)NCCSCCCO[C@]2(C(O)O)C[C@H](O)[C@@H](NC(C)=O)[C@H]([C@H](O)[C@H](O)CNC(=O)c3ccc(-c4ccccc4)cc3)O2)(C(=O)O)C[C@@H]1O. The Morgan fingerprint density at radius 3 is 1.35 bits per heavy atom. The number of nitrogens with one attached hydrogen (secondary N) is 6. The molecule has 0 saturated carbocycles. The zero-order valence-electron chi connectivity index (χ0n) is 50.7. The molecule has 6 rings (SSSR count). The van der Waals surface area contributed by atoms with Crippen molar-refractivity contribution in [3.63, 3.8) is 0 Å². The van der Waals surface area contributed by atoms with Gasteiger partial charge in [0.2, 0.25) is 35.7 Å². The highest BCUT2D eigenvalue weighted by Crippen LogP contribution is 2.37. The quantitative estimate of drug-likeness (QED) is 0.0167. The zero-order chi connectivity index (χ0) is 66.8. The largest absolute Gasteiger partial charge is 0.477 e. The van der Waals surface area contributed by atoms with Gasteiger partial charge in [0.05, 0.1) is 61.2 Å². The van der Waals surface area contributed by atoms with Crippen molar-refractivity contribution >= 4 is 86.5 Å². The minimum atomic E-state index is -2.47. The van der Waals surface area contributed by atoms with Gasteiger partial charge in [-0.05, 0) is 70.9 Å². The lowest BCUT2D eigenvalue weighted by Crippen LogP contribution is -2.68. The first kappa shape index (κ1) is 75.1. The van der Waals surface area contributed by atoms with Crippen LogP contribution in [0.5, 0.6) is 0 Å². The summed E-state index contributed by atoms with van der Waals surface area (Å²) < 4.78 is 23.3. The summed E-state index contributed by atoms with van der Waals surface area (Å²) in [6.07, 6.45) is -16.6. The maximum Gasteiger partial charge on any atom is 0.364 e. The monoisotopic (exact) mass is 1360 g/mol. The number of aliphatic carboxylic acids is 1. The van der Waals surface area contributed by atoms with Gasteiger partial charge in [0, 0.05) is 75.5 Å². The molecule has 2 heterocycles. The van der Waals surface area contributed by atoms with Crippen LogP contribution in [0.25, 0.3) is 22.3 Å². The van der Waals surface area contributed by atoms with Gasteiger partial charge in [-0.15, -0.1) is 0 Å². The third kappa shape index (κ3) is 22.9. The van der Waals surface area contributed by atoms with Crippen LogP contribution in [0.2, 0.25) is 0 Å². The van der Waals surface area contributed by atoms with Crippen molar-refractivity contribution < 1.29 is 98.5 Å². The van der Waals surface area contributed by atoms with Gasteiger partial charge in [0.15, 0.2) is 0 Å². The van der Waals surface area contributed by atoms with E-state index in [1.54, 1.807) is 48.5 Å². The van der Waals surface area contributed by atoms with Crippen LogP contribution in [-0.4, -0.2) is 240 Å². The van der Waals surface area contributed by atoms with E-state index < -0.39 is 134 Å². The zero-order valence-corrected chi connectivity index (χ0v) is 54.0. The molecule has 6 amide bonds. The number of carbonyl (C=O) groups excluding carboxylic acids is 6.